The number of thiazole rings is 1. The second kappa shape index (κ2) is 7.16. The maximum atomic E-state index is 13.4. The maximum Gasteiger partial charge on any atom is 0.305 e. The molecule has 3 atom stereocenters. The minimum absolute atomic E-state index is 0.191. The van der Waals surface area contributed by atoms with E-state index in [-0.39, 0.29) is 22.6 Å². The molecule has 1 fully saturated rings. The smallest absolute Gasteiger partial charge is 0.305 e. The van der Waals surface area contributed by atoms with Crippen molar-refractivity contribution in [1.82, 2.24) is 4.98 Å². The highest BCUT2D eigenvalue weighted by Gasteiger charge is 2.55. The van der Waals surface area contributed by atoms with E-state index in [4.69, 9.17) is 4.42 Å². The summed E-state index contributed by atoms with van der Waals surface area (Å²) >= 11 is 5.72. The number of nitrogens with one attached hydrogen (secondary N) is 1. The number of allylic oxidation sites excluding steroid dienone is 1. The summed E-state index contributed by atoms with van der Waals surface area (Å²) in [5.41, 5.74) is 0.545. The van der Waals surface area contributed by atoms with Crippen LogP contribution in [0, 0.1) is 5.92 Å². The number of carbonyl (C=O) groups is 2. The van der Waals surface area contributed by atoms with Gasteiger partial charge in [-0.15, -0.1) is 0 Å². The monoisotopic (exact) mass is 488 g/mol. The molecular formula is C20H13BrN2O4S2. The average Bonchev–Trinajstić information content (AvgIpc) is 3.40. The van der Waals surface area contributed by atoms with Crippen molar-refractivity contribution in [2.75, 3.05) is 4.90 Å². The summed E-state index contributed by atoms with van der Waals surface area (Å²) in [6, 6.07) is 10.7. The van der Waals surface area contributed by atoms with E-state index in [9.17, 15) is 14.4 Å². The van der Waals surface area contributed by atoms with Crippen LogP contribution in [0.3, 0.4) is 0 Å². The van der Waals surface area contributed by atoms with Crippen molar-refractivity contribution >= 4 is 62.6 Å². The Bertz CT molecular complexity index is 1180. The van der Waals surface area contributed by atoms with Gasteiger partial charge < -0.3 is 9.40 Å². The number of benzene rings is 1. The van der Waals surface area contributed by atoms with Crippen LogP contribution in [0.4, 0.5) is 5.69 Å². The van der Waals surface area contributed by atoms with Crippen LogP contribution in [-0.2, 0) is 9.59 Å². The van der Waals surface area contributed by atoms with Crippen LogP contribution in [0.2, 0.25) is 0 Å². The first-order valence-electron chi connectivity index (χ1n) is 8.77. The number of nitrogens with zero attached hydrogens (tertiary/aromatic N) is 1. The van der Waals surface area contributed by atoms with Crippen LogP contribution in [0.5, 0.6) is 0 Å². The molecule has 5 rings (SSSR count). The molecule has 2 aliphatic heterocycles. The van der Waals surface area contributed by atoms with Crippen LogP contribution >= 0.6 is 39.0 Å². The number of hydrogen-bond acceptors (Lipinski definition) is 6. The second-order valence-corrected chi connectivity index (χ2v) is 9.74. The van der Waals surface area contributed by atoms with Gasteiger partial charge in [-0.2, -0.15) is 0 Å². The van der Waals surface area contributed by atoms with E-state index in [1.54, 1.807) is 42.7 Å². The Labute approximate surface area is 181 Å². The van der Waals surface area contributed by atoms with Gasteiger partial charge in [-0.1, -0.05) is 45.1 Å². The molecule has 0 unspecified atom stereocenters. The Hall–Kier alpha value is -2.36. The number of rotatable bonds is 3. The summed E-state index contributed by atoms with van der Waals surface area (Å²) in [4.78, 5) is 43.2. The van der Waals surface area contributed by atoms with Crippen LogP contribution < -0.4 is 9.77 Å². The number of aromatic amines is 1. The summed E-state index contributed by atoms with van der Waals surface area (Å²) in [5, 5.41) is 0.0734. The van der Waals surface area contributed by atoms with Crippen molar-refractivity contribution in [2.45, 2.75) is 16.2 Å². The number of H-pyrrole nitrogens is 1. The predicted octanol–water partition coefficient (Wildman–Crippen LogP) is 4.25. The summed E-state index contributed by atoms with van der Waals surface area (Å²) in [6.07, 6.45) is 5.21. The van der Waals surface area contributed by atoms with Crippen LogP contribution in [0.15, 0.2) is 67.4 Å². The van der Waals surface area contributed by atoms with Crippen molar-refractivity contribution in [2.24, 2.45) is 5.92 Å². The van der Waals surface area contributed by atoms with Gasteiger partial charge in [0, 0.05) is 15.3 Å². The molecule has 0 aliphatic carbocycles. The molecular weight excluding hydrogens is 476 g/mol. The summed E-state index contributed by atoms with van der Waals surface area (Å²) in [6.45, 7) is 0. The molecule has 146 valence electrons. The van der Waals surface area contributed by atoms with Crippen molar-refractivity contribution in [3.63, 3.8) is 0 Å². The van der Waals surface area contributed by atoms with E-state index in [0.29, 0.717) is 16.5 Å². The summed E-state index contributed by atoms with van der Waals surface area (Å²) in [7, 11) is 0. The van der Waals surface area contributed by atoms with E-state index in [1.807, 2.05) is 12.1 Å². The van der Waals surface area contributed by atoms with Crippen molar-refractivity contribution in [3.05, 3.63) is 73.5 Å². The van der Waals surface area contributed by atoms with Crippen molar-refractivity contribution in [3.8, 4) is 0 Å². The van der Waals surface area contributed by atoms with Gasteiger partial charge in [0.15, 0.2) is 0 Å². The topological polar surface area (TPSA) is 83.4 Å². The van der Waals surface area contributed by atoms with Gasteiger partial charge in [0.25, 0.3) is 0 Å². The van der Waals surface area contributed by atoms with Gasteiger partial charge in [0.2, 0.25) is 11.8 Å². The molecule has 2 aliphatic rings. The molecule has 2 amide bonds. The van der Waals surface area contributed by atoms with Crippen LogP contribution in [0.1, 0.15) is 16.6 Å². The first-order chi connectivity index (χ1) is 14.0. The molecule has 4 heterocycles. The molecule has 0 radical (unpaired) electrons. The molecule has 1 N–H and O–H groups in total. The average molecular weight is 489 g/mol. The first-order valence-corrected chi connectivity index (χ1v) is 11.3. The van der Waals surface area contributed by atoms with Crippen molar-refractivity contribution < 1.29 is 14.0 Å². The quantitative estimate of drug-likeness (QED) is 0.557. The van der Waals surface area contributed by atoms with Gasteiger partial charge >= 0.3 is 4.87 Å². The fourth-order valence-electron chi connectivity index (χ4n) is 3.69. The molecule has 0 bridgehead atoms. The third-order valence-electron chi connectivity index (χ3n) is 4.97. The maximum absolute atomic E-state index is 13.4. The number of amides is 2. The van der Waals surface area contributed by atoms with E-state index >= 15 is 0 Å². The number of hydrogen-bond donors (Lipinski definition) is 1. The lowest BCUT2D eigenvalue weighted by Gasteiger charge is -2.27. The number of furan rings is 1. The van der Waals surface area contributed by atoms with Gasteiger partial charge in [-0.05, 0) is 42.5 Å². The fourth-order valence-corrected chi connectivity index (χ4v) is 6.45. The second-order valence-electron chi connectivity index (χ2n) is 6.66. The Kier molecular flexibility index (Phi) is 4.60. The molecule has 0 saturated carbocycles. The van der Waals surface area contributed by atoms with Gasteiger partial charge in [-0.3, -0.25) is 14.4 Å². The fraction of sp³-hybridized carbons (Fsp3) is 0.150. The van der Waals surface area contributed by atoms with E-state index in [1.165, 1.54) is 16.7 Å². The third-order valence-corrected chi connectivity index (χ3v) is 7.92. The standard InChI is InChI=1S/C20H13BrN2O4S2/c21-10-3-5-11(6-4-10)23-18(24)14-13(8-7-12-2-1-9-27-12)15-17(22-20(26)29-15)28-16(14)19(23)25/h1-9,13-14,16H,(H,22,26)/b8-7+/t13-,14-,16-/m1/s1. The SMILES string of the molecule is O=C1[C@H]2[C@@H](Sc3[nH]c(=O)sc3[C@@H]2/C=C/c2ccco2)C(=O)N1c1ccc(Br)cc1. The zero-order chi connectivity index (χ0) is 20.1. The predicted molar refractivity (Wildman–Crippen MR) is 115 cm³/mol. The number of aromatic nitrogens is 1. The minimum atomic E-state index is -0.588. The third kappa shape index (κ3) is 3.13. The Balaban J connectivity index is 1.58. The number of anilines is 1. The number of fused-ring (bicyclic) bond motifs is 2. The molecule has 0 spiro atoms. The van der Waals surface area contributed by atoms with Gasteiger partial charge in [0.05, 0.1) is 22.9 Å². The normalized spacial score (nSPS) is 23.6. The number of carbonyl (C=O) groups excluding carboxylic acids is 2. The lowest BCUT2D eigenvalue weighted by molar-refractivity contribution is -0.122. The van der Waals surface area contributed by atoms with Gasteiger partial charge in [-0.25, -0.2) is 4.90 Å². The Morgan fingerprint density at radius 1 is 1.10 bits per heavy atom. The molecule has 29 heavy (non-hydrogen) atoms. The summed E-state index contributed by atoms with van der Waals surface area (Å²) < 4.78 is 6.22. The molecule has 6 nitrogen and oxygen atoms in total. The zero-order valence-electron chi connectivity index (χ0n) is 14.7. The van der Waals surface area contributed by atoms with Gasteiger partial charge in [0.1, 0.15) is 11.0 Å². The summed E-state index contributed by atoms with van der Waals surface area (Å²) in [5.74, 6) is -0.842. The van der Waals surface area contributed by atoms with E-state index in [0.717, 1.165) is 20.7 Å². The highest BCUT2D eigenvalue weighted by molar-refractivity contribution is 9.10. The zero-order valence-corrected chi connectivity index (χ0v) is 17.9. The highest BCUT2D eigenvalue weighted by atomic mass is 79.9. The molecule has 2 aromatic heterocycles. The minimum Gasteiger partial charge on any atom is -0.465 e. The van der Waals surface area contributed by atoms with E-state index in [2.05, 4.69) is 20.9 Å². The number of halogens is 1. The number of imide groups is 1. The molecule has 9 heteroatoms. The van der Waals surface area contributed by atoms with Crippen LogP contribution in [-0.4, -0.2) is 22.0 Å². The lowest BCUT2D eigenvalue weighted by Crippen LogP contribution is -2.31. The number of thioether (sulfide) groups is 1. The Morgan fingerprint density at radius 2 is 1.90 bits per heavy atom. The largest absolute Gasteiger partial charge is 0.465 e. The van der Waals surface area contributed by atoms with E-state index < -0.39 is 11.2 Å². The molecule has 1 aromatic carbocycles. The molecule has 1 saturated heterocycles. The van der Waals surface area contributed by atoms with Crippen molar-refractivity contribution in [1.29, 1.82) is 0 Å². The molecule has 3 aromatic rings. The highest BCUT2D eigenvalue weighted by Crippen LogP contribution is 2.51. The van der Waals surface area contributed by atoms with Crippen LogP contribution in [0.25, 0.3) is 6.08 Å². The first kappa shape index (κ1) is 18.7. The lowest BCUT2D eigenvalue weighted by atomic mass is 9.88. The Morgan fingerprint density at radius 3 is 2.62 bits per heavy atom.